The van der Waals surface area contributed by atoms with E-state index in [1.54, 1.807) is 11.8 Å². The van der Waals surface area contributed by atoms with Gasteiger partial charge in [0.05, 0.1) is 13.7 Å². The van der Waals surface area contributed by atoms with Gasteiger partial charge >= 0.3 is 18.1 Å². The van der Waals surface area contributed by atoms with Crippen molar-refractivity contribution in [3.8, 4) is 0 Å². The largest absolute Gasteiger partial charge is 0.490 e. The molecule has 0 aromatic heterocycles. The number of benzene rings is 2. The van der Waals surface area contributed by atoms with E-state index in [1.807, 2.05) is 12.3 Å². The molecule has 2 aromatic rings. The molecule has 1 aliphatic heterocycles. The average Bonchev–Trinajstić information content (AvgIpc) is 3.37. The Morgan fingerprint density at radius 3 is 2.54 bits per heavy atom. The maximum atomic E-state index is 13.1. The summed E-state index contributed by atoms with van der Waals surface area (Å²) in [4.78, 5) is 38.8. The van der Waals surface area contributed by atoms with Gasteiger partial charge < -0.3 is 20.9 Å². The molecule has 228 valence electrons. The Kier molecular flexibility index (Phi) is 14.4. The highest BCUT2D eigenvalue weighted by atomic mass is 32.2. The summed E-state index contributed by atoms with van der Waals surface area (Å²) in [6.07, 6.45) is -0.295. The van der Waals surface area contributed by atoms with Crippen LogP contribution in [0.4, 0.5) is 13.2 Å². The molecule has 1 amide bonds. The third-order valence-corrected chi connectivity index (χ3v) is 7.34. The molecule has 1 fully saturated rings. The number of alkyl halides is 3. The monoisotopic (exact) mass is 600 g/mol. The number of nitrogens with two attached hydrogens (primary N) is 1. The summed E-state index contributed by atoms with van der Waals surface area (Å²) in [7, 11) is 1.36. The Labute approximate surface area is 242 Å². The van der Waals surface area contributed by atoms with Crippen LogP contribution >= 0.6 is 11.8 Å². The summed E-state index contributed by atoms with van der Waals surface area (Å²) in [6.45, 7) is 4.23. The fourth-order valence-corrected chi connectivity index (χ4v) is 5.26. The number of halogens is 3. The van der Waals surface area contributed by atoms with Crippen molar-refractivity contribution in [1.29, 1.82) is 0 Å². The van der Waals surface area contributed by atoms with Gasteiger partial charge in [0.2, 0.25) is 5.91 Å². The van der Waals surface area contributed by atoms with Crippen molar-refractivity contribution in [2.24, 2.45) is 5.73 Å². The second-order valence-electron chi connectivity index (χ2n) is 9.66. The molecular weight excluding hydrogens is 561 g/mol. The number of carbonyl (C=O) groups excluding carboxylic acids is 2. The molecule has 41 heavy (non-hydrogen) atoms. The van der Waals surface area contributed by atoms with E-state index in [9.17, 15) is 22.8 Å². The normalized spacial score (nSPS) is 16.2. The first-order valence-electron chi connectivity index (χ1n) is 13.3. The Hall–Kier alpha value is -2.87. The Balaban J connectivity index is 0.000000745. The van der Waals surface area contributed by atoms with Crippen LogP contribution in [-0.2, 0) is 25.7 Å². The van der Waals surface area contributed by atoms with E-state index < -0.39 is 24.2 Å². The van der Waals surface area contributed by atoms with Crippen LogP contribution in [0, 0.1) is 0 Å². The zero-order chi connectivity index (χ0) is 30.4. The van der Waals surface area contributed by atoms with Crippen molar-refractivity contribution in [3.05, 3.63) is 48.0 Å². The molecule has 3 rings (SSSR count). The molecule has 0 radical (unpaired) electrons. The average molecular weight is 601 g/mol. The number of carboxylic acids is 1. The number of nitrogens with zero attached hydrogens (tertiary/aromatic N) is 2. The molecule has 0 saturated carbocycles. The first-order chi connectivity index (χ1) is 19.5. The number of fused-ring (bicyclic) bond motifs is 1. The third kappa shape index (κ3) is 11.5. The van der Waals surface area contributed by atoms with Gasteiger partial charge in [-0.1, -0.05) is 42.5 Å². The van der Waals surface area contributed by atoms with E-state index >= 15 is 0 Å². The summed E-state index contributed by atoms with van der Waals surface area (Å²) < 4.78 is 36.6. The molecule has 1 heterocycles. The minimum atomic E-state index is -5.08. The molecule has 9 nitrogen and oxygen atoms in total. The van der Waals surface area contributed by atoms with Gasteiger partial charge in [0.15, 0.2) is 0 Å². The number of rotatable bonds is 13. The quantitative estimate of drug-likeness (QED) is 0.298. The van der Waals surface area contributed by atoms with E-state index in [4.69, 9.17) is 20.4 Å². The molecule has 0 spiro atoms. The van der Waals surface area contributed by atoms with Crippen LogP contribution in [-0.4, -0.2) is 103 Å². The van der Waals surface area contributed by atoms with Gasteiger partial charge in [-0.05, 0) is 54.2 Å². The Morgan fingerprint density at radius 1 is 1.22 bits per heavy atom. The number of carboxylic acid groups (broad SMARTS) is 1. The number of carbonyl (C=O) groups is 3. The van der Waals surface area contributed by atoms with Crippen LogP contribution in [0.25, 0.3) is 10.8 Å². The second-order valence-corrected chi connectivity index (χ2v) is 10.6. The Morgan fingerprint density at radius 2 is 1.90 bits per heavy atom. The van der Waals surface area contributed by atoms with Gasteiger partial charge in [0.1, 0.15) is 6.04 Å². The van der Waals surface area contributed by atoms with Crippen molar-refractivity contribution in [2.75, 3.05) is 51.8 Å². The van der Waals surface area contributed by atoms with Crippen LogP contribution in [0.5, 0.6) is 0 Å². The van der Waals surface area contributed by atoms with E-state index in [-0.39, 0.29) is 12.5 Å². The number of amides is 1. The SMILES string of the molecule is COC(=O)C(CCSC)NC(=O)CN(Cc1cccc2ccccc12)C[C@@H]1CCCN1CCN.O=C(O)C(F)(F)F. The van der Waals surface area contributed by atoms with E-state index in [0.29, 0.717) is 25.6 Å². The smallest absolute Gasteiger partial charge is 0.475 e. The standard InChI is InChI=1S/C26H38N4O3S.C2HF3O2/c1-33-26(32)24(12-16-34-2)28-25(31)19-29(18-22-10-6-14-30(22)15-13-27)17-21-9-5-8-20-7-3-4-11-23(20)21;3-2(4,5)1(6)7/h3-5,7-9,11,22,24H,6,10,12-19,27H2,1-2H3,(H,28,31);(H,6,7)/t22-,24?;/m0./s1. The first-order valence-corrected chi connectivity index (χ1v) is 14.7. The van der Waals surface area contributed by atoms with Crippen LogP contribution in [0.15, 0.2) is 42.5 Å². The number of esters is 1. The van der Waals surface area contributed by atoms with Gasteiger partial charge in [0, 0.05) is 32.2 Å². The molecule has 1 unspecified atom stereocenters. The predicted octanol–water partition coefficient (Wildman–Crippen LogP) is 3.11. The molecule has 1 saturated heterocycles. The summed E-state index contributed by atoms with van der Waals surface area (Å²) in [5.74, 6) is -2.53. The first kappa shape index (κ1) is 34.3. The summed E-state index contributed by atoms with van der Waals surface area (Å²) in [6, 6.07) is 14.4. The van der Waals surface area contributed by atoms with Gasteiger partial charge in [-0.25, -0.2) is 9.59 Å². The number of ether oxygens (including phenoxy) is 1. The minimum absolute atomic E-state index is 0.153. The predicted molar refractivity (Wildman–Crippen MR) is 154 cm³/mol. The fraction of sp³-hybridized carbons (Fsp3) is 0.536. The lowest BCUT2D eigenvalue weighted by atomic mass is 10.0. The fourth-order valence-electron chi connectivity index (χ4n) is 4.79. The van der Waals surface area contributed by atoms with Crippen molar-refractivity contribution in [3.63, 3.8) is 0 Å². The van der Waals surface area contributed by atoms with Crippen molar-refractivity contribution in [2.45, 2.75) is 44.1 Å². The molecule has 0 bridgehead atoms. The minimum Gasteiger partial charge on any atom is -0.475 e. The number of nitrogens with one attached hydrogen (secondary N) is 1. The molecule has 4 N–H and O–H groups in total. The molecule has 0 aliphatic carbocycles. The highest BCUT2D eigenvalue weighted by Crippen LogP contribution is 2.22. The summed E-state index contributed by atoms with van der Waals surface area (Å²) in [5, 5.41) is 12.4. The van der Waals surface area contributed by atoms with Crippen molar-refractivity contribution < 1.29 is 37.4 Å². The zero-order valence-electron chi connectivity index (χ0n) is 23.4. The summed E-state index contributed by atoms with van der Waals surface area (Å²) >= 11 is 1.64. The van der Waals surface area contributed by atoms with E-state index in [1.165, 1.54) is 23.4 Å². The van der Waals surface area contributed by atoms with Gasteiger partial charge in [0.25, 0.3) is 0 Å². The second kappa shape index (κ2) is 17.2. The molecule has 1 aliphatic rings. The maximum Gasteiger partial charge on any atom is 0.490 e. The number of hydrogen-bond donors (Lipinski definition) is 3. The van der Waals surface area contributed by atoms with Crippen LogP contribution in [0.3, 0.4) is 0 Å². The van der Waals surface area contributed by atoms with Crippen LogP contribution in [0.2, 0.25) is 0 Å². The zero-order valence-corrected chi connectivity index (χ0v) is 24.2. The Bertz CT molecular complexity index is 1130. The van der Waals surface area contributed by atoms with Gasteiger partial charge in [-0.2, -0.15) is 24.9 Å². The highest BCUT2D eigenvalue weighted by Gasteiger charge is 2.38. The third-order valence-electron chi connectivity index (χ3n) is 6.70. The molecular formula is C28H39F3N4O5S. The summed E-state index contributed by atoms with van der Waals surface area (Å²) in [5.41, 5.74) is 7.03. The number of methoxy groups -OCH3 is 1. The number of hydrogen-bond acceptors (Lipinski definition) is 8. The topological polar surface area (TPSA) is 125 Å². The van der Waals surface area contributed by atoms with E-state index in [0.717, 1.165) is 38.2 Å². The van der Waals surface area contributed by atoms with E-state index in [2.05, 4.69) is 51.5 Å². The van der Waals surface area contributed by atoms with Crippen molar-refractivity contribution in [1.82, 2.24) is 15.1 Å². The maximum absolute atomic E-state index is 13.1. The number of thioether (sulfide) groups is 1. The molecule has 13 heteroatoms. The lowest BCUT2D eigenvalue weighted by Crippen LogP contribution is -2.48. The van der Waals surface area contributed by atoms with Crippen molar-refractivity contribution >= 4 is 40.4 Å². The molecule has 2 atom stereocenters. The lowest BCUT2D eigenvalue weighted by molar-refractivity contribution is -0.192. The van der Waals surface area contributed by atoms with Gasteiger partial charge in [-0.3, -0.25) is 14.6 Å². The van der Waals surface area contributed by atoms with Crippen LogP contribution < -0.4 is 11.1 Å². The lowest BCUT2D eigenvalue weighted by Gasteiger charge is -2.31. The van der Waals surface area contributed by atoms with Crippen LogP contribution in [0.1, 0.15) is 24.8 Å². The highest BCUT2D eigenvalue weighted by molar-refractivity contribution is 7.98. The molecule has 2 aromatic carbocycles. The van der Waals surface area contributed by atoms with Gasteiger partial charge in [-0.15, -0.1) is 0 Å². The number of likely N-dealkylation sites (tertiary alicyclic amines) is 1. The number of aliphatic carboxylic acids is 1.